The van der Waals surface area contributed by atoms with Gasteiger partial charge >= 0.3 is 0 Å². The number of rotatable bonds is 3. The Morgan fingerprint density at radius 1 is 1.59 bits per heavy atom. The zero-order valence-electron chi connectivity index (χ0n) is 9.21. The Kier molecular flexibility index (Phi) is 3.13. The second-order valence-electron chi connectivity index (χ2n) is 3.86. The molecule has 0 N–H and O–H groups in total. The van der Waals surface area contributed by atoms with Crippen LogP contribution in [0.4, 0.5) is 5.69 Å². The molecule has 1 aromatic heterocycles. The molecule has 1 atom stereocenters. The van der Waals surface area contributed by atoms with E-state index in [0.29, 0.717) is 12.2 Å². The van der Waals surface area contributed by atoms with Gasteiger partial charge in [-0.1, -0.05) is 0 Å². The van der Waals surface area contributed by atoms with Crippen LogP contribution in [-0.2, 0) is 20.4 Å². The van der Waals surface area contributed by atoms with Gasteiger partial charge in [0.05, 0.1) is 11.9 Å². The van der Waals surface area contributed by atoms with E-state index in [1.807, 2.05) is 6.92 Å². The molecule has 0 bridgehead atoms. The monoisotopic (exact) mass is 277 g/mol. The van der Waals surface area contributed by atoms with Gasteiger partial charge in [0.25, 0.3) is 0 Å². The lowest BCUT2D eigenvalue weighted by molar-refractivity contribution is -0.117. The first kappa shape index (κ1) is 12.4. The minimum Gasteiger partial charge on any atom is -0.308 e. The third-order valence-electron chi connectivity index (χ3n) is 2.74. The first-order valence-corrected chi connectivity index (χ1v) is 7.55. The van der Waals surface area contributed by atoms with Crippen molar-refractivity contribution in [2.75, 3.05) is 11.4 Å². The van der Waals surface area contributed by atoms with Gasteiger partial charge in [-0.25, -0.2) is 8.42 Å². The van der Waals surface area contributed by atoms with Crippen LogP contribution >= 0.6 is 10.7 Å². The molecule has 1 aliphatic rings. The standard InChI is InChI=1S/C9H12ClN3O3S/c1-2-12-5-7(4-11-12)13-6-8(3-9(13)14)17(10,15)16/h4-5,8H,2-3,6H2,1H3. The normalized spacial score (nSPS) is 21.2. The summed E-state index contributed by atoms with van der Waals surface area (Å²) in [4.78, 5) is 13.1. The summed E-state index contributed by atoms with van der Waals surface area (Å²) in [5.74, 6) is -0.241. The molecule has 1 aliphatic heterocycles. The molecule has 6 nitrogen and oxygen atoms in total. The fraction of sp³-hybridized carbons (Fsp3) is 0.556. The lowest BCUT2D eigenvalue weighted by atomic mass is 10.4. The van der Waals surface area contributed by atoms with Crippen molar-refractivity contribution in [2.24, 2.45) is 0 Å². The molecule has 2 heterocycles. The van der Waals surface area contributed by atoms with Crippen LogP contribution in [0.3, 0.4) is 0 Å². The van der Waals surface area contributed by atoms with Crippen molar-refractivity contribution in [1.29, 1.82) is 0 Å². The molecule has 2 rings (SSSR count). The number of aryl methyl sites for hydroxylation is 1. The van der Waals surface area contributed by atoms with Gasteiger partial charge in [-0.3, -0.25) is 9.48 Å². The maximum absolute atomic E-state index is 11.7. The smallest absolute Gasteiger partial charge is 0.237 e. The zero-order chi connectivity index (χ0) is 12.6. The van der Waals surface area contributed by atoms with Crippen molar-refractivity contribution in [1.82, 2.24) is 9.78 Å². The van der Waals surface area contributed by atoms with Gasteiger partial charge in [-0.2, -0.15) is 5.10 Å². The van der Waals surface area contributed by atoms with E-state index >= 15 is 0 Å². The minimum atomic E-state index is -3.69. The van der Waals surface area contributed by atoms with Gasteiger partial charge in [0, 0.05) is 36.4 Å². The fourth-order valence-electron chi connectivity index (χ4n) is 1.78. The summed E-state index contributed by atoms with van der Waals surface area (Å²) in [5, 5.41) is 3.21. The van der Waals surface area contributed by atoms with Crippen LogP contribution < -0.4 is 4.90 Å². The van der Waals surface area contributed by atoms with Gasteiger partial charge in [-0.15, -0.1) is 0 Å². The first-order valence-electron chi connectivity index (χ1n) is 5.18. The average molecular weight is 278 g/mol. The predicted molar refractivity (Wildman–Crippen MR) is 63.4 cm³/mol. The number of carbonyl (C=O) groups excluding carboxylic acids is 1. The van der Waals surface area contributed by atoms with Crippen molar-refractivity contribution in [2.45, 2.75) is 25.1 Å². The quantitative estimate of drug-likeness (QED) is 0.758. The first-order chi connectivity index (χ1) is 7.91. The van der Waals surface area contributed by atoms with Crippen molar-refractivity contribution < 1.29 is 13.2 Å². The Hall–Kier alpha value is -1.08. The van der Waals surface area contributed by atoms with Crippen LogP contribution in [-0.4, -0.2) is 35.9 Å². The number of carbonyl (C=O) groups is 1. The summed E-state index contributed by atoms with van der Waals surface area (Å²) in [5.41, 5.74) is 0.611. The second kappa shape index (κ2) is 4.30. The van der Waals surface area contributed by atoms with E-state index in [4.69, 9.17) is 10.7 Å². The minimum absolute atomic E-state index is 0.0663. The lowest BCUT2D eigenvalue weighted by Crippen LogP contribution is -2.26. The molecule has 8 heteroatoms. The number of aromatic nitrogens is 2. The molecule has 1 saturated heterocycles. The summed E-state index contributed by atoms with van der Waals surface area (Å²) in [6.45, 7) is 2.72. The molecule has 17 heavy (non-hydrogen) atoms. The maximum atomic E-state index is 11.7. The van der Waals surface area contributed by atoms with Crippen LogP contribution in [0.2, 0.25) is 0 Å². The van der Waals surface area contributed by atoms with Gasteiger partial charge < -0.3 is 4.90 Å². The fourth-order valence-corrected chi connectivity index (χ4v) is 2.80. The highest BCUT2D eigenvalue weighted by atomic mass is 35.7. The van der Waals surface area contributed by atoms with Crippen LogP contribution in [0.1, 0.15) is 13.3 Å². The number of amides is 1. The van der Waals surface area contributed by atoms with Crippen LogP contribution in [0, 0.1) is 0 Å². The highest BCUT2D eigenvalue weighted by Gasteiger charge is 2.38. The number of anilines is 1. The topological polar surface area (TPSA) is 72.3 Å². The van der Waals surface area contributed by atoms with E-state index in [1.54, 1.807) is 17.1 Å². The molecule has 1 unspecified atom stereocenters. The Bertz CT molecular complexity index is 539. The Labute approximate surface area is 104 Å². The van der Waals surface area contributed by atoms with Crippen molar-refractivity contribution >= 4 is 31.3 Å². The Morgan fingerprint density at radius 3 is 2.76 bits per heavy atom. The zero-order valence-corrected chi connectivity index (χ0v) is 10.8. The molecule has 0 aromatic carbocycles. The summed E-state index contributed by atoms with van der Waals surface area (Å²) in [6, 6.07) is 0. The summed E-state index contributed by atoms with van der Waals surface area (Å²) < 4.78 is 24.0. The number of hydrogen-bond donors (Lipinski definition) is 0. The second-order valence-corrected chi connectivity index (χ2v) is 6.77. The predicted octanol–water partition coefficient (Wildman–Crippen LogP) is 0.577. The van der Waals surface area contributed by atoms with Crippen LogP contribution in [0.15, 0.2) is 12.4 Å². The summed E-state index contributed by atoms with van der Waals surface area (Å²) in [7, 11) is 1.57. The van der Waals surface area contributed by atoms with E-state index in [0.717, 1.165) is 0 Å². The van der Waals surface area contributed by atoms with Gasteiger partial charge in [0.1, 0.15) is 5.25 Å². The van der Waals surface area contributed by atoms with Crippen molar-refractivity contribution in [3.63, 3.8) is 0 Å². The summed E-state index contributed by atoms with van der Waals surface area (Å²) in [6.07, 6.45) is 3.19. The number of nitrogens with zero attached hydrogens (tertiary/aromatic N) is 3. The van der Waals surface area contributed by atoms with E-state index in [9.17, 15) is 13.2 Å². The Balaban J connectivity index is 2.21. The molecule has 1 aromatic rings. The molecule has 1 amide bonds. The lowest BCUT2D eigenvalue weighted by Gasteiger charge is -2.12. The molecular weight excluding hydrogens is 266 g/mol. The third kappa shape index (κ3) is 2.44. The molecule has 94 valence electrons. The molecule has 1 fully saturated rings. The maximum Gasteiger partial charge on any atom is 0.237 e. The van der Waals surface area contributed by atoms with Gasteiger partial charge in [0.2, 0.25) is 15.0 Å². The highest BCUT2D eigenvalue weighted by Crippen LogP contribution is 2.26. The molecule has 0 aliphatic carbocycles. The van der Waals surface area contributed by atoms with Crippen molar-refractivity contribution in [3.8, 4) is 0 Å². The van der Waals surface area contributed by atoms with Crippen LogP contribution in [0.25, 0.3) is 0 Å². The average Bonchev–Trinajstić information content (AvgIpc) is 2.82. The van der Waals surface area contributed by atoms with E-state index in [-0.39, 0.29) is 18.9 Å². The molecule has 0 saturated carbocycles. The van der Waals surface area contributed by atoms with E-state index < -0.39 is 14.3 Å². The molecule has 0 radical (unpaired) electrons. The Morgan fingerprint density at radius 2 is 2.29 bits per heavy atom. The molecule has 0 spiro atoms. The largest absolute Gasteiger partial charge is 0.308 e. The van der Waals surface area contributed by atoms with Crippen molar-refractivity contribution in [3.05, 3.63) is 12.4 Å². The van der Waals surface area contributed by atoms with Gasteiger partial charge in [0.15, 0.2) is 0 Å². The van der Waals surface area contributed by atoms with E-state index in [1.165, 1.54) is 4.90 Å². The van der Waals surface area contributed by atoms with E-state index in [2.05, 4.69) is 5.10 Å². The van der Waals surface area contributed by atoms with Crippen LogP contribution in [0.5, 0.6) is 0 Å². The number of halogens is 1. The molecular formula is C9H12ClN3O3S. The SMILES string of the molecule is CCn1cc(N2CC(S(=O)(=O)Cl)CC2=O)cn1. The van der Waals surface area contributed by atoms with Gasteiger partial charge in [-0.05, 0) is 6.92 Å². The highest BCUT2D eigenvalue weighted by molar-refractivity contribution is 8.14. The summed E-state index contributed by atoms with van der Waals surface area (Å²) >= 11 is 0. The number of hydrogen-bond acceptors (Lipinski definition) is 4. The third-order valence-corrected chi connectivity index (χ3v) is 4.61.